The van der Waals surface area contributed by atoms with Gasteiger partial charge in [0.15, 0.2) is 10.8 Å². The lowest BCUT2D eigenvalue weighted by atomic mass is 10.1. The molecule has 4 rings (SSSR count). The highest BCUT2D eigenvalue weighted by Gasteiger charge is 2.32. The van der Waals surface area contributed by atoms with Gasteiger partial charge in [0.05, 0.1) is 28.6 Å². The molecule has 1 aliphatic rings. The van der Waals surface area contributed by atoms with E-state index in [2.05, 4.69) is 15.3 Å². The second-order valence-corrected chi connectivity index (χ2v) is 7.57. The molecule has 0 fully saturated rings. The van der Waals surface area contributed by atoms with E-state index in [4.69, 9.17) is 11.6 Å². The molecule has 29 heavy (non-hydrogen) atoms. The van der Waals surface area contributed by atoms with Crippen LogP contribution in [0.25, 0.3) is 5.65 Å². The molecule has 0 saturated heterocycles. The van der Waals surface area contributed by atoms with E-state index < -0.39 is 11.7 Å². The quantitative estimate of drug-likeness (QED) is 0.573. The van der Waals surface area contributed by atoms with Gasteiger partial charge in [0.1, 0.15) is 0 Å². The lowest BCUT2D eigenvalue weighted by Gasteiger charge is -2.11. The molecule has 150 valence electrons. The highest BCUT2D eigenvalue weighted by Crippen LogP contribution is 2.33. The molecule has 11 heteroatoms. The minimum absolute atomic E-state index is 0.0414. The van der Waals surface area contributed by atoms with Crippen molar-refractivity contribution in [3.63, 3.8) is 0 Å². The standard InChI is InChI=1S/C18H13ClF3N5OS/c19-13-8-12(18(20,21)22)9-26-16(13)23-24-17(26)29-10-15(28)27-7-6-14(25-27)11-4-2-1-3-5-11/h1-5,8-9H,6-7,10H2. The van der Waals surface area contributed by atoms with E-state index in [1.807, 2.05) is 30.3 Å². The van der Waals surface area contributed by atoms with Gasteiger partial charge in [-0.25, -0.2) is 5.01 Å². The number of fused-ring (bicyclic) bond motifs is 1. The minimum Gasteiger partial charge on any atom is -0.276 e. The fraction of sp³-hybridized carbons (Fsp3) is 0.222. The van der Waals surface area contributed by atoms with E-state index in [9.17, 15) is 18.0 Å². The topological polar surface area (TPSA) is 62.9 Å². The largest absolute Gasteiger partial charge is 0.417 e. The van der Waals surface area contributed by atoms with Crippen molar-refractivity contribution in [2.24, 2.45) is 5.10 Å². The van der Waals surface area contributed by atoms with Gasteiger partial charge in [0, 0.05) is 12.6 Å². The molecule has 2 aromatic heterocycles. The highest BCUT2D eigenvalue weighted by atomic mass is 35.5. The second kappa shape index (κ2) is 7.68. The molecule has 0 saturated carbocycles. The van der Waals surface area contributed by atoms with Gasteiger partial charge in [-0.3, -0.25) is 9.20 Å². The fourth-order valence-corrected chi connectivity index (χ4v) is 3.88. The first kappa shape index (κ1) is 19.7. The van der Waals surface area contributed by atoms with Crippen LogP contribution in [0.3, 0.4) is 0 Å². The van der Waals surface area contributed by atoms with Crippen LogP contribution in [0.15, 0.2) is 52.9 Å². The van der Waals surface area contributed by atoms with Crippen molar-refractivity contribution >= 4 is 40.6 Å². The summed E-state index contributed by atoms with van der Waals surface area (Å²) in [7, 11) is 0. The Morgan fingerprint density at radius 3 is 2.69 bits per heavy atom. The molecule has 0 atom stereocenters. The number of amides is 1. The molecule has 0 unspecified atom stereocenters. The number of benzene rings is 1. The van der Waals surface area contributed by atoms with Crippen molar-refractivity contribution in [3.8, 4) is 0 Å². The molecule has 0 N–H and O–H groups in total. The summed E-state index contributed by atoms with van der Waals surface area (Å²) < 4.78 is 40.2. The second-order valence-electron chi connectivity index (χ2n) is 6.22. The molecule has 1 aliphatic heterocycles. The summed E-state index contributed by atoms with van der Waals surface area (Å²) in [6, 6.07) is 10.3. The molecule has 0 bridgehead atoms. The van der Waals surface area contributed by atoms with Crippen LogP contribution in [0.1, 0.15) is 17.5 Å². The number of hydrogen-bond donors (Lipinski definition) is 0. The Labute approximate surface area is 172 Å². The van der Waals surface area contributed by atoms with Crippen LogP contribution in [-0.2, 0) is 11.0 Å². The van der Waals surface area contributed by atoms with Crippen LogP contribution in [0.4, 0.5) is 13.2 Å². The lowest BCUT2D eigenvalue weighted by molar-refractivity contribution is -0.138. The number of pyridine rings is 1. The van der Waals surface area contributed by atoms with E-state index in [0.29, 0.717) is 13.0 Å². The highest BCUT2D eigenvalue weighted by molar-refractivity contribution is 7.99. The van der Waals surface area contributed by atoms with Gasteiger partial charge in [-0.05, 0) is 11.6 Å². The molecule has 1 aromatic carbocycles. The molecule has 0 aliphatic carbocycles. The average Bonchev–Trinajstić information content (AvgIpc) is 3.34. The third kappa shape index (κ3) is 4.08. The maximum atomic E-state index is 13.0. The normalized spacial score (nSPS) is 14.5. The first-order valence-electron chi connectivity index (χ1n) is 8.50. The summed E-state index contributed by atoms with van der Waals surface area (Å²) in [5.41, 5.74) is 0.950. The number of carbonyl (C=O) groups is 1. The Hall–Kier alpha value is -2.59. The molecule has 0 radical (unpaired) electrons. The molecule has 0 spiro atoms. The van der Waals surface area contributed by atoms with E-state index in [0.717, 1.165) is 39.7 Å². The molecule has 3 heterocycles. The first-order chi connectivity index (χ1) is 13.8. The predicted octanol–water partition coefficient (Wildman–Crippen LogP) is 4.13. The lowest BCUT2D eigenvalue weighted by Crippen LogP contribution is -2.25. The molecular formula is C18H13ClF3N5OS. The Kier molecular flexibility index (Phi) is 5.22. The van der Waals surface area contributed by atoms with Crippen LogP contribution in [0.5, 0.6) is 0 Å². The Balaban J connectivity index is 1.49. The summed E-state index contributed by atoms with van der Waals surface area (Å²) in [4.78, 5) is 12.5. The van der Waals surface area contributed by atoms with Crippen molar-refractivity contribution in [3.05, 3.63) is 58.7 Å². The van der Waals surface area contributed by atoms with Crippen molar-refractivity contribution in [2.75, 3.05) is 12.3 Å². The third-order valence-corrected chi connectivity index (χ3v) is 5.48. The Bertz CT molecular complexity index is 1100. The van der Waals surface area contributed by atoms with Crippen molar-refractivity contribution in [1.82, 2.24) is 19.6 Å². The van der Waals surface area contributed by atoms with Gasteiger partial charge in [0.25, 0.3) is 5.91 Å². The molecule has 3 aromatic rings. The molecular weight excluding hydrogens is 427 g/mol. The van der Waals surface area contributed by atoms with Gasteiger partial charge in [0.2, 0.25) is 0 Å². The number of hydrazone groups is 1. The van der Waals surface area contributed by atoms with Crippen LogP contribution < -0.4 is 0 Å². The summed E-state index contributed by atoms with van der Waals surface area (Å²) in [5, 5.41) is 13.4. The zero-order valence-electron chi connectivity index (χ0n) is 14.7. The number of nitrogens with zero attached hydrogens (tertiary/aromatic N) is 5. The summed E-state index contributed by atoms with van der Waals surface area (Å²) >= 11 is 6.88. The van der Waals surface area contributed by atoms with Crippen molar-refractivity contribution in [2.45, 2.75) is 17.8 Å². The fourth-order valence-electron chi connectivity index (χ4n) is 2.86. The summed E-state index contributed by atoms with van der Waals surface area (Å²) in [6.45, 7) is 0.453. The number of carbonyl (C=O) groups excluding carboxylic acids is 1. The number of hydrogen-bond acceptors (Lipinski definition) is 5. The zero-order chi connectivity index (χ0) is 20.6. The number of alkyl halides is 3. The summed E-state index contributed by atoms with van der Waals surface area (Å²) in [6.07, 6.45) is -3.05. The number of halogens is 4. The van der Waals surface area contributed by atoms with Crippen molar-refractivity contribution < 1.29 is 18.0 Å². The smallest absolute Gasteiger partial charge is 0.276 e. The average molecular weight is 440 g/mol. The summed E-state index contributed by atoms with van der Waals surface area (Å²) in [5.74, 6) is -0.309. The van der Waals surface area contributed by atoms with Crippen LogP contribution in [0.2, 0.25) is 5.02 Å². The van der Waals surface area contributed by atoms with Gasteiger partial charge >= 0.3 is 6.18 Å². The number of thioether (sulfide) groups is 1. The third-order valence-electron chi connectivity index (χ3n) is 4.28. The van der Waals surface area contributed by atoms with E-state index in [1.54, 1.807) is 0 Å². The van der Waals surface area contributed by atoms with E-state index in [1.165, 1.54) is 5.01 Å². The minimum atomic E-state index is -4.56. The van der Waals surface area contributed by atoms with Gasteiger partial charge in [-0.2, -0.15) is 18.3 Å². The number of rotatable bonds is 4. The van der Waals surface area contributed by atoms with Gasteiger partial charge in [-0.1, -0.05) is 53.7 Å². The predicted molar refractivity (Wildman–Crippen MR) is 103 cm³/mol. The van der Waals surface area contributed by atoms with Crippen LogP contribution in [-0.4, -0.2) is 43.5 Å². The van der Waals surface area contributed by atoms with E-state index in [-0.39, 0.29) is 27.5 Å². The zero-order valence-corrected chi connectivity index (χ0v) is 16.3. The molecule has 6 nitrogen and oxygen atoms in total. The van der Waals surface area contributed by atoms with Crippen LogP contribution in [0, 0.1) is 0 Å². The molecule has 1 amide bonds. The number of aromatic nitrogens is 3. The Morgan fingerprint density at radius 2 is 1.97 bits per heavy atom. The van der Waals surface area contributed by atoms with Gasteiger partial charge in [-0.15, -0.1) is 10.2 Å². The van der Waals surface area contributed by atoms with Gasteiger partial charge < -0.3 is 0 Å². The Morgan fingerprint density at radius 1 is 1.21 bits per heavy atom. The maximum absolute atomic E-state index is 13.0. The van der Waals surface area contributed by atoms with Crippen molar-refractivity contribution in [1.29, 1.82) is 0 Å². The SMILES string of the molecule is O=C(CSc1nnc2c(Cl)cc(C(F)(F)F)cn12)N1CCC(c2ccccc2)=N1. The monoisotopic (exact) mass is 439 g/mol. The van der Waals surface area contributed by atoms with Crippen LogP contribution >= 0.6 is 23.4 Å². The maximum Gasteiger partial charge on any atom is 0.417 e. The van der Waals surface area contributed by atoms with E-state index >= 15 is 0 Å². The first-order valence-corrected chi connectivity index (χ1v) is 9.87.